The lowest BCUT2D eigenvalue weighted by molar-refractivity contribution is 0.0959. The second kappa shape index (κ2) is 7.76. The first-order valence-corrected chi connectivity index (χ1v) is 7.40. The summed E-state index contributed by atoms with van der Waals surface area (Å²) in [6.45, 7) is 3.86. The third-order valence-electron chi connectivity index (χ3n) is 2.85. The average molecular weight is 350 g/mol. The van der Waals surface area contributed by atoms with Crippen LogP contribution in [0.3, 0.4) is 0 Å². The predicted octanol–water partition coefficient (Wildman–Crippen LogP) is 3.56. The molecule has 2 amide bonds. The van der Waals surface area contributed by atoms with E-state index in [9.17, 15) is 9.59 Å². The van der Waals surface area contributed by atoms with Crippen molar-refractivity contribution in [3.05, 3.63) is 70.5 Å². The number of para-hydroxylation sites is 1. The highest BCUT2D eigenvalue weighted by Gasteiger charge is 2.17. The zero-order chi connectivity index (χ0) is 16.8. The molecule has 0 saturated heterocycles. The number of pyridine rings is 1. The van der Waals surface area contributed by atoms with Crippen molar-refractivity contribution in [2.45, 2.75) is 0 Å². The number of carbonyl (C=O) groups excluding carboxylic acids is 2. The number of nitrogens with zero attached hydrogens (tertiary/aromatic N) is 1. The number of halogens is 2. The Kier molecular flexibility index (Phi) is 5.73. The van der Waals surface area contributed by atoms with E-state index in [1.165, 1.54) is 12.1 Å². The summed E-state index contributed by atoms with van der Waals surface area (Å²) in [4.78, 5) is 28.3. The predicted molar refractivity (Wildman–Crippen MR) is 91.2 cm³/mol. The molecule has 118 valence electrons. The van der Waals surface area contributed by atoms with Gasteiger partial charge in [0.25, 0.3) is 11.8 Å². The Balaban J connectivity index is 2.26. The minimum atomic E-state index is -0.554. The molecule has 5 nitrogen and oxygen atoms in total. The van der Waals surface area contributed by atoms with Crippen LogP contribution in [0.5, 0.6) is 0 Å². The molecule has 0 aliphatic rings. The van der Waals surface area contributed by atoms with Crippen LogP contribution in [0.15, 0.2) is 49.1 Å². The number of aromatic nitrogens is 1. The van der Waals surface area contributed by atoms with Gasteiger partial charge < -0.3 is 10.6 Å². The highest BCUT2D eigenvalue weighted by atomic mass is 35.5. The first-order valence-electron chi connectivity index (χ1n) is 6.64. The first-order chi connectivity index (χ1) is 11.0. The van der Waals surface area contributed by atoms with Crippen LogP contribution >= 0.6 is 23.2 Å². The maximum atomic E-state index is 12.3. The van der Waals surface area contributed by atoms with Crippen LogP contribution in [0.4, 0.5) is 5.69 Å². The van der Waals surface area contributed by atoms with Crippen LogP contribution in [0, 0.1) is 0 Å². The highest BCUT2D eigenvalue weighted by Crippen LogP contribution is 2.20. The average Bonchev–Trinajstić information content (AvgIpc) is 2.55. The number of hydrogen-bond donors (Lipinski definition) is 2. The van der Waals surface area contributed by atoms with E-state index in [1.54, 1.807) is 30.3 Å². The normalized spacial score (nSPS) is 10.0. The van der Waals surface area contributed by atoms with Crippen LogP contribution < -0.4 is 10.6 Å². The molecule has 2 rings (SSSR count). The number of nitrogens with one attached hydrogen (secondary N) is 2. The van der Waals surface area contributed by atoms with Gasteiger partial charge in [0.05, 0.1) is 16.3 Å². The fourth-order valence-electron chi connectivity index (χ4n) is 1.81. The molecule has 0 aliphatic carbocycles. The fourth-order valence-corrected chi connectivity index (χ4v) is 2.15. The van der Waals surface area contributed by atoms with Gasteiger partial charge in [0.15, 0.2) is 0 Å². The van der Waals surface area contributed by atoms with Crippen molar-refractivity contribution in [2.24, 2.45) is 0 Å². The van der Waals surface area contributed by atoms with Crippen LogP contribution in [0.1, 0.15) is 20.8 Å². The topological polar surface area (TPSA) is 71.1 Å². The molecular weight excluding hydrogens is 337 g/mol. The van der Waals surface area contributed by atoms with Gasteiger partial charge in [-0.1, -0.05) is 41.4 Å². The van der Waals surface area contributed by atoms with E-state index in [0.29, 0.717) is 17.8 Å². The lowest BCUT2D eigenvalue weighted by atomic mass is 10.1. The molecule has 0 spiro atoms. The van der Waals surface area contributed by atoms with Crippen molar-refractivity contribution in [3.8, 4) is 0 Å². The third-order valence-corrected chi connectivity index (χ3v) is 3.37. The molecule has 0 atom stereocenters. The summed E-state index contributed by atoms with van der Waals surface area (Å²) < 4.78 is 0. The van der Waals surface area contributed by atoms with Gasteiger partial charge in [-0.15, -0.1) is 6.58 Å². The summed E-state index contributed by atoms with van der Waals surface area (Å²) in [5.74, 6) is -0.882. The van der Waals surface area contributed by atoms with E-state index in [4.69, 9.17) is 23.2 Å². The molecule has 1 heterocycles. The maximum absolute atomic E-state index is 12.3. The van der Waals surface area contributed by atoms with Gasteiger partial charge in [-0.05, 0) is 24.3 Å². The number of benzene rings is 1. The van der Waals surface area contributed by atoms with Crippen molar-refractivity contribution in [1.82, 2.24) is 10.3 Å². The SMILES string of the molecule is C=CCNC(=O)c1ccccc1NC(=O)c1nc(Cl)ccc1Cl. The molecule has 0 bridgehead atoms. The van der Waals surface area contributed by atoms with Gasteiger partial charge in [0, 0.05) is 6.54 Å². The molecular formula is C16H13Cl2N3O2. The summed E-state index contributed by atoms with van der Waals surface area (Å²) in [6.07, 6.45) is 1.56. The molecule has 7 heteroatoms. The fraction of sp³-hybridized carbons (Fsp3) is 0.0625. The largest absolute Gasteiger partial charge is 0.349 e. The molecule has 1 aromatic heterocycles. The Bertz CT molecular complexity index is 763. The van der Waals surface area contributed by atoms with Crippen molar-refractivity contribution in [1.29, 1.82) is 0 Å². The zero-order valence-electron chi connectivity index (χ0n) is 12.0. The second-order valence-electron chi connectivity index (χ2n) is 4.46. The molecule has 0 fully saturated rings. The molecule has 0 unspecified atom stereocenters. The summed E-state index contributed by atoms with van der Waals surface area (Å²) in [5, 5.41) is 5.59. The standard InChI is InChI=1S/C16H13Cl2N3O2/c1-2-9-19-15(22)10-5-3-4-6-12(10)20-16(23)14-11(17)7-8-13(18)21-14/h2-8H,1,9H2,(H,19,22)(H,20,23). The quantitative estimate of drug-likeness (QED) is 0.640. The minimum absolute atomic E-state index is 0.0135. The Hall–Kier alpha value is -2.37. The molecule has 0 aliphatic heterocycles. The molecule has 0 radical (unpaired) electrons. The van der Waals surface area contributed by atoms with E-state index in [2.05, 4.69) is 22.2 Å². The minimum Gasteiger partial charge on any atom is -0.349 e. The van der Waals surface area contributed by atoms with Crippen LogP contribution in [-0.4, -0.2) is 23.3 Å². The molecule has 2 N–H and O–H groups in total. The van der Waals surface area contributed by atoms with E-state index in [0.717, 1.165) is 0 Å². The van der Waals surface area contributed by atoms with Crippen molar-refractivity contribution < 1.29 is 9.59 Å². The third kappa shape index (κ3) is 4.31. The summed E-state index contributed by atoms with van der Waals surface area (Å²) >= 11 is 11.7. The number of rotatable bonds is 5. The van der Waals surface area contributed by atoms with E-state index >= 15 is 0 Å². The van der Waals surface area contributed by atoms with Gasteiger partial charge in [0.2, 0.25) is 0 Å². The highest BCUT2D eigenvalue weighted by molar-refractivity contribution is 6.35. The number of anilines is 1. The Morgan fingerprint density at radius 2 is 1.87 bits per heavy atom. The Morgan fingerprint density at radius 1 is 1.13 bits per heavy atom. The molecule has 0 saturated carbocycles. The van der Waals surface area contributed by atoms with Crippen molar-refractivity contribution >= 4 is 40.7 Å². The summed E-state index contributed by atoms with van der Waals surface area (Å²) in [6, 6.07) is 9.57. The van der Waals surface area contributed by atoms with Gasteiger partial charge in [-0.25, -0.2) is 4.98 Å². The monoisotopic (exact) mass is 349 g/mol. The van der Waals surface area contributed by atoms with Gasteiger partial charge >= 0.3 is 0 Å². The van der Waals surface area contributed by atoms with Crippen LogP contribution in [-0.2, 0) is 0 Å². The summed E-state index contributed by atoms with van der Waals surface area (Å²) in [5.41, 5.74) is 0.651. The van der Waals surface area contributed by atoms with E-state index in [1.807, 2.05) is 0 Å². The lowest BCUT2D eigenvalue weighted by Crippen LogP contribution is -2.25. The number of carbonyl (C=O) groups is 2. The van der Waals surface area contributed by atoms with Gasteiger partial charge in [0.1, 0.15) is 10.8 Å². The Labute approximate surface area is 143 Å². The maximum Gasteiger partial charge on any atom is 0.275 e. The van der Waals surface area contributed by atoms with Gasteiger partial charge in [-0.3, -0.25) is 9.59 Å². The molecule has 1 aromatic carbocycles. The summed E-state index contributed by atoms with van der Waals surface area (Å²) in [7, 11) is 0. The van der Waals surface area contributed by atoms with Crippen LogP contribution in [0.2, 0.25) is 10.2 Å². The molecule has 2 aromatic rings. The van der Waals surface area contributed by atoms with E-state index in [-0.39, 0.29) is 21.8 Å². The van der Waals surface area contributed by atoms with E-state index < -0.39 is 5.91 Å². The van der Waals surface area contributed by atoms with Crippen LogP contribution in [0.25, 0.3) is 0 Å². The smallest absolute Gasteiger partial charge is 0.275 e. The zero-order valence-corrected chi connectivity index (χ0v) is 13.5. The Morgan fingerprint density at radius 3 is 2.61 bits per heavy atom. The van der Waals surface area contributed by atoms with Crippen molar-refractivity contribution in [2.75, 3.05) is 11.9 Å². The number of amides is 2. The van der Waals surface area contributed by atoms with Crippen molar-refractivity contribution in [3.63, 3.8) is 0 Å². The number of hydrogen-bond acceptors (Lipinski definition) is 3. The first kappa shape index (κ1) is 17.0. The lowest BCUT2D eigenvalue weighted by Gasteiger charge is -2.11. The second-order valence-corrected chi connectivity index (χ2v) is 5.26. The van der Waals surface area contributed by atoms with Gasteiger partial charge in [-0.2, -0.15) is 0 Å². The molecule has 23 heavy (non-hydrogen) atoms.